The van der Waals surface area contributed by atoms with Crippen LogP contribution in [0.25, 0.3) is 0 Å². The number of carbonyl (C=O) groups excluding carboxylic acids is 1. The van der Waals surface area contributed by atoms with Crippen molar-refractivity contribution in [2.24, 2.45) is 0 Å². The number of nitrogens with one attached hydrogen (secondary N) is 1. The van der Waals surface area contributed by atoms with Gasteiger partial charge in [0.2, 0.25) is 5.91 Å². The molecule has 0 saturated carbocycles. The second-order valence-corrected chi connectivity index (χ2v) is 5.41. The number of anilines is 1. The SMILES string of the molecule is CC(C)NC1CCCN(c2ccc(C(F)(F)F)nc2)C1=O. The number of rotatable bonds is 3. The third-order valence-electron chi connectivity index (χ3n) is 3.32. The minimum absolute atomic E-state index is 0.114. The van der Waals surface area contributed by atoms with Gasteiger partial charge in [0.05, 0.1) is 17.9 Å². The molecule has 1 aromatic rings. The van der Waals surface area contributed by atoms with Gasteiger partial charge in [0.15, 0.2) is 0 Å². The van der Waals surface area contributed by atoms with Crippen molar-refractivity contribution in [1.29, 1.82) is 0 Å². The molecule has 2 heterocycles. The van der Waals surface area contributed by atoms with Gasteiger partial charge in [-0.1, -0.05) is 13.8 Å². The summed E-state index contributed by atoms with van der Waals surface area (Å²) in [5.41, 5.74) is -0.546. The van der Waals surface area contributed by atoms with Gasteiger partial charge in [-0.2, -0.15) is 13.2 Å². The van der Waals surface area contributed by atoms with Crippen molar-refractivity contribution in [3.05, 3.63) is 24.0 Å². The van der Waals surface area contributed by atoms with E-state index in [-0.39, 0.29) is 18.0 Å². The highest BCUT2D eigenvalue weighted by Gasteiger charge is 2.33. The maximum Gasteiger partial charge on any atom is 0.433 e. The summed E-state index contributed by atoms with van der Waals surface area (Å²) in [5.74, 6) is -0.114. The van der Waals surface area contributed by atoms with Crippen molar-refractivity contribution in [2.45, 2.75) is 44.9 Å². The van der Waals surface area contributed by atoms with Crippen LogP contribution in [0.5, 0.6) is 0 Å². The number of nitrogens with zero attached hydrogens (tertiary/aromatic N) is 2. The molecule has 1 aromatic heterocycles. The number of alkyl halides is 3. The molecule has 1 atom stereocenters. The summed E-state index contributed by atoms with van der Waals surface area (Å²) in [6.45, 7) is 4.40. The highest BCUT2D eigenvalue weighted by Crippen LogP contribution is 2.29. The van der Waals surface area contributed by atoms with E-state index in [2.05, 4.69) is 10.3 Å². The van der Waals surface area contributed by atoms with E-state index >= 15 is 0 Å². The first kappa shape index (κ1) is 15.8. The smallest absolute Gasteiger partial charge is 0.310 e. The Kier molecular flexibility index (Phi) is 4.51. The van der Waals surface area contributed by atoms with Gasteiger partial charge in [-0.05, 0) is 25.0 Å². The van der Waals surface area contributed by atoms with Crippen molar-refractivity contribution >= 4 is 11.6 Å². The standard InChI is InChI=1S/C14H18F3N3O/c1-9(2)19-11-4-3-7-20(13(11)21)10-5-6-12(18-8-10)14(15,16)17/h5-6,8-9,11,19H,3-4,7H2,1-2H3. The molecule has 21 heavy (non-hydrogen) atoms. The molecule has 0 radical (unpaired) electrons. The average molecular weight is 301 g/mol. The zero-order valence-corrected chi connectivity index (χ0v) is 11.9. The number of carbonyl (C=O) groups is 1. The molecule has 0 aliphatic carbocycles. The first-order chi connectivity index (χ1) is 9.79. The molecular weight excluding hydrogens is 283 g/mol. The van der Waals surface area contributed by atoms with Crippen LogP contribution in [0.1, 0.15) is 32.4 Å². The summed E-state index contributed by atoms with van der Waals surface area (Å²) < 4.78 is 37.5. The fraction of sp³-hybridized carbons (Fsp3) is 0.571. The van der Waals surface area contributed by atoms with Crippen LogP contribution in [0, 0.1) is 0 Å². The lowest BCUT2D eigenvalue weighted by molar-refractivity contribution is -0.141. The molecule has 0 bridgehead atoms. The Morgan fingerprint density at radius 2 is 2.10 bits per heavy atom. The number of aromatic nitrogens is 1. The Labute approximate surface area is 121 Å². The van der Waals surface area contributed by atoms with Gasteiger partial charge in [-0.3, -0.25) is 4.79 Å². The van der Waals surface area contributed by atoms with Crippen LogP contribution in [-0.2, 0) is 11.0 Å². The molecule has 1 aliphatic heterocycles. The molecule has 1 fully saturated rings. The van der Waals surface area contributed by atoms with Crippen molar-refractivity contribution < 1.29 is 18.0 Å². The Morgan fingerprint density at radius 1 is 1.38 bits per heavy atom. The first-order valence-corrected chi connectivity index (χ1v) is 6.89. The average Bonchev–Trinajstić information content (AvgIpc) is 2.40. The van der Waals surface area contributed by atoms with E-state index in [0.717, 1.165) is 25.1 Å². The van der Waals surface area contributed by atoms with Crippen LogP contribution in [-0.4, -0.2) is 29.5 Å². The number of piperidine rings is 1. The number of hydrogen-bond acceptors (Lipinski definition) is 3. The Hall–Kier alpha value is -1.63. The minimum Gasteiger partial charge on any atom is -0.310 e. The fourth-order valence-electron chi connectivity index (χ4n) is 2.40. The predicted octanol–water partition coefficient (Wildman–Crippen LogP) is 2.59. The molecule has 7 heteroatoms. The topological polar surface area (TPSA) is 45.2 Å². The van der Waals surface area contributed by atoms with Crippen LogP contribution < -0.4 is 10.2 Å². The first-order valence-electron chi connectivity index (χ1n) is 6.89. The zero-order valence-electron chi connectivity index (χ0n) is 11.9. The van der Waals surface area contributed by atoms with Crippen LogP contribution in [0.2, 0.25) is 0 Å². The van der Waals surface area contributed by atoms with E-state index < -0.39 is 11.9 Å². The van der Waals surface area contributed by atoms with Gasteiger partial charge in [0, 0.05) is 12.6 Å². The maximum atomic E-state index is 12.5. The molecule has 1 N–H and O–H groups in total. The van der Waals surface area contributed by atoms with E-state index in [4.69, 9.17) is 0 Å². The lowest BCUT2D eigenvalue weighted by Crippen LogP contribution is -2.52. The van der Waals surface area contributed by atoms with Crippen LogP contribution in [0.15, 0.2) is 18.3 Å². The Morgan fingerprint density at radius 3 is 2.62 bits per heavy atom. The highest BCUT2D eigenvalue weighted by molar-refractivity contribution is 5.97. The monoisotopic (exact) mass is 301 g/mol. The molecule has 0 spiro atoms. The van der Waals surface area contributed by atoms with E-state index in [1.807, 2.05) is 13.8 Å². The van der Waals surface area contributed by atoms with Crippen molar-refractivity contribution in [1.82, 2.24) is 10.3 Å². The fourth-order valence-corrected chi connectivity index (χ4v) is 2.40. The van der Waals surface area contributed by atoms with Crippen LogP contribution in [0.4, 0.5) is 18.9 Å². The Bertz CT molecular complexity index is 499. The second-order valence-electron chi connectivity index (χ2n) is 5.41. The third kappa shape index (κ3) is 3.72. The lowest BCUT2D eigenvalue weighted by atomic mass is 10.0. The maximum absolute atomic E-state index is 12.5. The van der Waals surface area contributed by atoms with E-state index in [1.165, 1.54) is 11.0 Å². The van der Waals surface area contributed by atoms with Crippen molar-refractivity contribution in [2.75, 3.05) is 11.4 Å². The van der Waals surface area contributed by atoms with E-state index in [0.29, 0.717) is 12.2 Å². The lowest BCUT2D eigenvalue weighted by Gasteiger charge is -2.33. The number of hydrogen-bond donors (Lipinski definition) is 1. The van der Waals surface area contributed by atoms with Gasteiger partial charge in [-0.25, -0.2) is 4.98 Å². The molecule has 116 valence electrons. The van der Waals surface area contributed by atoms with Crippen molar-refractivity contribution in [3.63, 3.8) is 0 Å². The van der Waals surface area contributed by atoms with Gasteiger partial charge in [0.25, 0.3) is 0 Å². The predicted molar refractivity (Wildman–Crippen MR) is 72.9 cm³/mol. The molecule has 0 aromatic carbocycles. The van der Waals surface area contributed by atoms with E-state index in [9.17, 15) is 18.0 Å². The Balaban J connectivity index is 2.15. The molecular formula is C14H18F3N3O. The number of pyridine rings is 1. The molecule has 2 rings (SSSR count). The van der Waals surface area contributed by atoms with Crippen LogP contribution >= 0.6 is 0 Å². The summed E-state index contributed by atoms with van der Waals surface area (Å²) in [5, 5.41) is 3.18. The van der Waals surface area contributed by atoms with Crippen molar-refractivity contribution in [3.8, 4) is 0 Å². The van der Waals surface area contributed by atoms with Gasteiger partial charge < -0.3 is 10.2 Å². The molecule has 1 unspecified atom stereocenters. The number of amides is 1. The van der Waals surface area contributed by atoms with E-state index in [1.54, 1.807) is 0 Å². The third-order valence-corrected chi connectivity index (χ3v) is 3.32. The summed E-state index contributed by atoms with van der Waals surface area (Å²) in [6.07, 6.45) is -1.82. The molecule has 1 aliphatic rings. The zero-order chi connectivity index (χ0) is 15.6. The van der Waals surface area contributed by atoms with Crippen LogP contribution in [0.3, 0.4) is 0 Å². The largest absolute Gasteiger partial charge is 0.433 e. The molecule has 1 amide bonds. The van der Waals surface area contributed by atoms with Gasteiger partial charge >= 0.3 is 6.18 Å². The second kappa shape index (κ2) is 6.01. The summed E-state index contributed by atoms with van der Waals surface area (Å²) in [6, 6.07) is 2.08. The quantitative estimate of drug-likeness (QED) is 0.933. The molecule has 4 nitrogen and oxygen atoms in total. The highest BCUT2D eigenvalue weighted by atomic mass is 19.4. The normalized spacial score (nSPS) is 20.2. The minimum atomic E-state index is -4.47. The molecule has 1 saturated heterocycles. The number of halogens is 3. The summed E-state index contributed by atoms with van der Waals surface area (Å²) in [4.78, 5) is 17.3. The summed E-state index contributed by atoms with van der Waals surface area (Å²) >= 11 is 0. The van der Waals surface area contributed by atoms with Gasteiger partial charge in [0.1, 0.15) is 5.69 Å². The van der Waals surface area contributed by atoms with Gasteiger partial charge in [-0.15, -0.1) is 0 Å². The summed E-state index contributed by atoms with van der Waals surface area (Å²) in [7, 11) is 0.